The Bertz CT molecular complexity index is 635. The Labute approximate surface area is 116 Å². The van der Waals surface area contributed by atoms with Gasteiger partial charge in [-0.2, -0.15) is 0 Å². The molecule has 1 atom stereocenters. The highest BCUT2D eigenvalue weighted by atomic mass is 16.5. The molecule has 1 aliphatic rings. The fraction of sp³-hybridized carbons (Fsp3) is 0.333. The number of aromatic carboxylic acids is 1. The summed E-state index contributed by atoms with van der Waals surface area (Å²) in [6.07, 6.45) is 3.49. The number of hydrogen-bond donors (Lipinski definition) is 1. The molecule has 0 aliphatic carbocycles. The molecule has 1 aliphatic heterocycles. The second kappa shape index (κ2) is 5.46. The summed E-state index contributed by atoms with van der Waals surface area (Å²) in [6.45, 7) is 1.11. The van der Waals surface area contributed by atoms with E-state index in [-0.39, 0.29) is 11.7 Å². The van der Waals surface area contributed by atoms with Crippen LogP contribution in [0.3, 0.4) is 0 Å². The molecule has 0 spiro atoms. The van der Waals surface area contributed by atoms with Crippen LogP contribution in [0.25, 0.3) is 10.9 Å². The maximum Gasteiger partial charge on any atom is 0.340 e. The summed E-state index contributed by atoms with van der Waals surface area (Å²) in [4.78, 5) is 15.7. The summed E-state index contributed by atoms with van der Waals surface area (Å²) in [6, 6.07) is 7.14. The van der Waals surface area contributed by atoms with Gasteiger partial charge in [-0.15, -0.1) is 0 Å². The quantitative estimate of drug-likeness (QED) is 0.926. The van der Waals surface area contributed by atoms with Gasteiger partial charge in [0.1, 0.15) is 12.2 Å². The van der Waals surface area contributed by atoms with Crippen molar-refractivity contribution < 1.29 is 19.4 Å². The Morgan fingerprint density at radius 2 is 2.30 bits per heavy atom. The van der Waals surface area contributed by atoms with Crippen LogP contribution >= 0.6 is 0 Å². The molecule has 0 saturated carbocycles. The molecule has 5 heteroatoms. The first-order chi connectivity index (χ1) is 9.75. The lowest BCUT2D eigenvalue weighted by Crippen LogP contribution is -2.17. The molecule has 2 aromatic rings. The third kappa shape index (κ3) is 2.44. The van der Waals surface area contributed by atoms with Gasteiger partial charge in [0.25, 0.3) is 0 Å². The van der Waals surface area contributed by atoms with Crippen LogP contribution in [-0.2, 0) is 4.74 Å². The van der Waals surface area contributed by atoms with Crippen LogP contribution in [-0.4, -0.2) is 35.4 Å². The van der Waals surface area contributed by atoms with Crippen LogP contribution in [0.15, 0.2) is 30.5 Å². The van der Waals surface area contributed by atoms with E-state index in [1.165, 1.54) is 6.20 Å². The standard InChI is InChI=1S/C15H15NO4/c17-15(18)14-11-5-1-2-6-12(11)16-8-13(14)20-9-10-4-3-7-19-10/h1-2,5-6,8,10H,3-4,7,9H2,(H,17,18). The molecule has 104 valence electrons. The van der Waals surface area contributed by atoms with Crippen molar-refractivity contribution in [3.8, 4) is 5.75 Å². The summed E-state index contributed by atoms with van der Waals surface area (Å²) in [7, 11) is 0. The second-order valence-corrected chi connectivity index (χ2v) is 4.77. The summed E-state index contributed by atoms with van der Waals surface area (Å²) in [5, 5.41) is 10.0. The Morgan fingerprint density at radius 3 is 3.05 bits per heavy atom. The van der Waals surface area contributed by atoms with Gasteiger partial charge in [0.15, 0.2) is 5.75 Å². The number of nitrogens with zero attached hydrogens (tertiary/aromatic N) is 1. The van der Waals surface area contributed by atoms with Crippen LogP contribution in [0.4, 0.5) is 0 Å². The lowest BCUT2D eigenvalue weighted by Gasteiger charge is -2.14. The third-order valence-corrected chi connectivity index (χ3v) is 3.40. The van der Waals surface area contributed by atoms with Gasteiger partial charge in [0.2, 0.25) is 0 Å². The van der Waals surface area contributed by atoms with Crippen molar-refractivity contribution in [3.63, 3.8) is 0 Å². The zero-order chi connectivity index (χ0) is 13.9. The highest BCUT2D eigenvalue weighted by Crippen LogP contribution is 2.27. The minimum atomic E-state index is -1.01. The van der Waals surface area contributed by atoms with Crippen LogP contribution in [0.1, 0.15) is 23.2 Å². The van der Waals surface area contributed by atoms with Crippen LogP contribution in [0.2, 0.25) is 0 Å². The lowest BCUT2D eigenvalue weighted by molar-refractivity contribution is 0.0631. The van der Waals surface area contributed by atoms with Crippen LogP contribution in [0.5, 0.6) is 5.75 Å². The van der Waals surface area contributed by atoms with Crippen molar-refractivity contribution >= 4 is 16.9 Å². The fourth-order valence-electron chi connectivity index (χ4n) is 2.41. The number of aromatic nitrogens is 1. The van der Waals surface area contributed by atoms with Gasteiger partial charge in [0, 0.05) is 12.0 Å². The molecule has 5 nitrogen and oxygen atoms in total. The number of carbonyl (C=O) groups is 1. The number of rotatable bonds is 4. The maximum absolute atomic E-state index is 11.5. The molecule has 1 aromatic heterocycles. The number of fused-ring (bicyclic) bond motifs is 1. The smallest absolute Gasteiger partial charge is 0.340 e. The van der Waals surface area contributed by atoms with Gasteiger partial charge in [-0.3, -0.25) is 4.98 Å². The predicted octanol–water partition coefficient (Wildman–Crippen LogP) is 2.49. The molecule has 1 saturated heterocycles. The molecule has 1 unspecified atom stereocenters. The number of pyridine rings is 1. The predicted molar refractivity (Wildman–Crippen MR) is 73.2 cm³/mol. The number of ether oxygens (including phenoxy) is 2. The van der Waals surface area contributed by atoms with E-state index < -0.39 is 5.97 Å². The average Bonchev–Trinajstić information content (AvgIpc) is 2.97. The summed E-state index contributed by atoms with van der Waals surface area (Å²) in [5.74, 6) is -0.711. The first-order valence-electron chi connectivity index (χ1n) is 6.61. The Morgan fingerprint density at radius 1 is 1.45 bits per heavy atom. The Kier molecular flexibility index (Phi) is 3.52. The van der Waals surface area contributed by atoms with E-state index in [4.69, 9.17) is 9.47 Å². The van der Waals surface area contributed by atoms with Crippen molar-refractivity contribution in [1.82, 2.24) is 4.98 Å². The van der Waals surface area contributed by atoms with E-state index in [9.17, 15) is 9.90 Å². The molecule has 2 heterocycles. The normalized spacial score (nSPS) is 18.3. The molecule has 20 heavy (non-hydrogen) atoms. The number of carboxylic acid groups (broad SMARTS) is 1. The zero-order valence-corrected chi connectivity index (χ0v) is 10.9. The number of carboxylic acids is 1. The molecule has 0 radical (unpaired) electrons. The van der Waals surface area contributed by atoms with Crippen molar-refractivity contribution in [1.29, 1.82) is 0 Å². The third-order valence-electron chi connectivity index (χ3n) is 3.40. The minimum Gasteiger partial charge on any atom is -0.488 e. The average molecular weight is 273 g/mol. The molecule has 1 fully saturated rings. The van der Waals surface area contributed by atoms with E-state index in [1.807, 2.05) is 6.07 Å². The van der Waals surface area contributed by atoms with Crippen LogP contribution < -0.4 is 4.74 Å². The van der Waals surface area contributed by atoms with E-state index in [1.54, 1.807) is 18.2 Å². The van der Waals surface area contributed by atoms with Gasteiger partial charge in [-0.1, -0.05) is 18.2 Å². The highest BCUT2D eigenvalue weighted by molar-refractivity contribution is 6.04. The molecule has 0 amide bonds. The molecular formula is C15H15NO4. The van der Waals surface area contributed by atoms with E-state index in [0.717, 1.165) is 19.4 Å². The number of para-hydroxylation sites is 1. The number of benzene rings is 1. The summed E-state index contributed by atoms with van der Waals surface area (Å²) < 4.78 is 11.1. The lowest BCUT2D eigenvalue weighted by atomic mass is 10.1. The van der Waals surface area contributed by atoms with E-state index in [2.05, 4.69) is 4.98 Å². The first kappa shape index (κ1) is 12.9. The second-order valence-electron chi connectivity index (χ2n) is 4.77. The highest BCUT2D eigenvalue weighted by Gasteiger charge is 2.20. The Hall–Kier alpha value is -2.14. The fourth-order valence-corrected chi connectivity index (χ4v) is 2.41. The van der Waals surface area contributed by atoms with Crippen molar-refractivity contribution in [2.24, 2.45) is 0 Å². The van der Waals surface area contributed by atoms with E-state index in [0.29, 0.717) is 23.3 Å². The maximum atomic E-state index is 11.5. The van der Waals surface area contributed by atoms with Gasteiger partial charge >= 0.3 is 5.97 Å². The van der Waals surface area contributed by atoms with Crippen molar-refractivity contribution in [2.75, 3.05) is 13.2 Å². The molecular weight excluding hydrogens is 258 g/mol. The molecule has 1 N–H and O–H groups in total. The van der Waals surface area contributed by atoms with Gasteiger partial charge in [-0.05, 0) is 18.9 Å². The Balaban J connectivity index is 1.92. The molecule has 0 bridgehead atoms. The topological polar surface area (TPSA) is 68.7 Å². The molecule has 1 aromatic carbocycles. The van der Waals surface area contributed by atoms with Crippen molar-refractivity contribution in [3.05, 3.63) is 36.0 Å². The van der Waals surface area contributed by atoms with Gasteiger partial charge < -0.3 is 14.6 Å². The summed E-state index contributed by atoms with van der Waals surface area (Å²) in [5.41, 5.74) is 0.808. The molecule has 3 rings (SSSR count). The zero-order valence-electron chi connectivity index (χ0n) is 10.9. The van der Waals surface area contributed by atoms with E-state index >= 15 is 0 Å². The number of hydrogen-bond acceptors (Lipinski definition) is 4. The monoisotopic (exact) mass is 273 g/mol. The van der Waals surface area contributed by atoms with Gasteiger partial charge in [-0.25, -0.2) is 4.79 Å². The van der Waals surface area contributed by atoms with Crippen molar-refractivity contribution in [2.45, 2.75) is 18.9 Å². The minimum absolute atomic E-state index is 0.0446. The largest absolute Gasteiger partial charge is 0.488 e. The van der Waals surface area contributed by atoms with Crippen LogP contribution in [0, 0.1) is 0 Å². The summed E-state index contributed by atoms with van der Waals surface area (Å²) >= 11 is 0. The van der Waals surface area contributed by atoms with Gasteiger partial charge in [0.05, 0.1) is 17.8 Å². The first-order valence-corrected chi connectivity index (χ1v) is 6.61. The SMILES string of the molecule is O=C(O)c1c(OCC2CCCO2)cnc2ccccc12.